The molecule has 124 valence electrons. The van der Waals surface area contributed by atoms with Gasteiger partial charge in [-0.3, -0.25) is 9.89 Å². The van der Waals surface area contributed by atoms with E-state index in [0.29, 0.717) is 11.7 Å². The lowest BCUT2D eigenvalue weighted by Crippen LogP contribution is -2.47. The minimum absolute atomic E-state index is 0. The molecule has 1 fully saturated rings. The Kier molecular flexibility index (Phi) is 5.80. The number of amides is 1. The molecular weight excluding hydrogens is 312 g/mol. The quantitative estimate of drug-likeness (QED) is 0.907. The van der Waals surface area contributed by atoms with E-state index in [-0.39, 0.29) is 18.3 Å². The van der Waals surface area contributed by atoms with Crippen molar-refractivity contribution in [2.24, 2.45) is 0 Å². The second-order valence-electron chi connectivity index (χ2n) is 5.91. The van der Waals surface area contributed by atoms with E-state index in [0.717, 1.165) is 37.2 Å². The van der Waals surface area contributed by atoms with Crippen LogP contribution in [0.25, 0.3) is 11.3 Å². The highest BCUT2D eigenvalue weighted by Crippen LogP contribution is 2.20. The Morgan fingerprint density at radius 1 is 1.35 bits per heavy atom. The molecule has 1 atom stereocenters. The van der Waals surface area contributed by atoms with Crippen molar-refractivity contribution in [3.8, 4) is 11.3 Å². The summed E-state index contributed by atoms with van der Waals surface area (Å²) in [6.07, 6.45) is 2.16. The van der Waals surface area contributed by atoms with E-state index in [1.807, 2.05) is 42.3 Å². The molecule has 2 heterocycles. The first-order valence-electron chi connectivity index (χ1n) is 7.76. The summed E-state index contributed by atoms with van der Waals surface area (Å²) in [6, 6.07) is 10.4. The predicted octanol–water partition coefficient (Wildman–Crippen LogP) is 2.63. The minimum atomic E-state index is 0. The van der Waals surface area contributed by atoms with Crippen LogP contribution in [-0.2, 0) is 0 Å². The van der Waals surface area contributed by atoms with Crippen molar-refractivity contribution in [1.29, 1.82) is 0 Å². The van der Waals surface area contributed by atoms with Crippen LogP contribution >= 0.6 is 12.4 Å². The number of rotatable bonds is 3. The van der Waals surface area contributed by atoms with Gasteiger partial charge in [-0.1, -0.05) is 29.8 Å². The van der Waals surface area contributed by atoms with Crippen molar-refractivity contribution in [1.82, 2.24) is 20.4 Å². The molecule has 1 amide bonds. The molecule has 2 N–H and O–H groups in total. The molecule has 0 bridgehead atoms. The van der Waals surface area contributed by atoms with E-state index in [1.54, 1.807) is 0 Å². The number of aryl methyl sites for hydroxylation is 1. The molecule has 5 nitrogen and oxygen atoms in total. The largest absolute Gasteiger partial charge is 0.336 e. The monoisotopic (exact) mass is 334 g/mol. The Balaban J connectivity index is 0.00000192. The Labute approximate surface area is 142 Å². The van der Waals surface area contributed by atoms with Crippen LogP contribution in [0.3, 0.4) is 0 Å². The summed E-state index contributed by atoms with van der Waals surface area (Å²) in [4.78, 5) is 14.5. The number of benzene rings is 1. The topological polar surface area (TPSA) is 61.0 Å². The molecule has 3 rings (SSSR count). The highest BCUT2D eigenvalue weighted by Gasteiger charge is 2.24. The standard InChI is InChI=1S/C17H22N4O.ClH/c1-12-5-7-13(8-6-12)15-10-16(20-19-15)17(22)21-9-3-4-14(11-21)18-2;/h5-8,10,14,18H,3-4,9,11H2,1-2H3,(H,19,20);1H. The second kappa shape index (κ2) is 7.62. The summed E-state index contributed by atoms with van der Waals surface area (Å²) in [5, 5.41) is 10.4. The summed E-state index contributed by atoms with van der Waals surface area (Å²) in [6.45, 7) is 3.63. The van der Waals surface area contributed by atoms with E-state index in [1.165, 1.54) is 5.56 Å². The number of nitrogens with one attached hydrogen (secondary N) is 2. The molecule has 1 aliphatic heterocycles. The third kappa shape index (κ3) is 3.92. The molecule has 23 heavy (non-hydrogen) atoms. The zero-order valence-corrected chi connectivity index (χ0v) is 14.3. The molecule has 1 unspecified atom stereocenters. The third-order valence-electron chi connectivity index (χ3n) is 4.27. The summed E-state index contributed by atoms with van der Waals surface area (Å²) in [7, 11) is 1.95. The fourth-order valence-electron chi connectivity index (χ4n) is 2.87. The van der Waals surface area contributed by atoms with Gasteiger partial charge in [0.2, 0.25) is 0 Å². The molecule has 1 saturated heterocycles. The third-order valence-corrected chi connectivity index (χ3v) is 4.27. The number of halogens is 1. The normalized spacial score (nSPS) is 17.7. The van der Waals surface area contributed by atoms with Crippen molar-refractivity contribution in [3.05, 3.63) is 41.6 Å². The van der Waals surface area contributed by atoms with E-state index >= 15 is 0 Å². The fraction of sp³-hybridized carbons (Fsp3) is 0.412. The summed E-state index contributed by atoms with van der Waals surface area (Å²) < 4.78 is 0. The number of aromatic nitrogens is 2. The van der Waals surface area contributed by atoms with Crippen molar-refractivity contribution >= 4 is 18.3 Å². The molecule has 1 aliphatic rings. The number of hydrogen-bond donors (Lipinski definition) is 2. The van der Waals surface area contributed by atoms with E-state index < -0.39 is 0 Å². The molecule has 0 aliphatic carbocycles. The van der Waals surface area contributed by atoms with Gasteiger partial charge in [0.05, 0.1) is 5.69 Å². The lowest BCUT2D eigenvalue weighted by molar-refractivity contribution is 0.0692. The van der Waals surface area contributed by atoms with Gasteiger partial charge in [-0.15, -0.1) is 12.4 Å². The van der Waals surface area contributed by atoms with Crippen LogP contribution in [-0.4, -0.2) is 47.2 Å². The van der Waals surface area contributed by atoms with Crippen molar-refractivity contribution in [3.63, 3.8) is 0 Å². The van der Waals surface area contributed by atoms with Crippen molar-refractivity contribution < 1.29 is 4.79 Å². The van der Waals surface area contributed by atoms with E-state index in [9.17, 15) is 4.79 Å². The number of aromatic amines is 1. The number of likely N-dealkylation sites (N-methyl/N-ethyl adjacent to an activating group) is 1. The zero-order valence-electron chi connectivity index (χ0n) is 13.5. The van der Waals surface area contributed by atoms with Gasteiger partial charge in [-0.25, -0.2) is 0 Å². The number of carbonyl (C=O) groups excluding carboxylic acids is 1. The number of carbonyl (C=O) groups is 1. The summed E-state index contributed by atoms with van der Waals surface area (Å²) in [5.74, 6) is 0.0332. The van der Waals surface area contributed by atoms with Crippen LogP contribution < -0.4 is 5.32 Å². The molecule has 1 aromatic carbocycles. The maximum atomic E-state index is 12.6. The van der Waals surface area contributed by atoms with E-state index in [4.69, 9.17) is 0 Å². The smallest absolute Gasteiger partial charge is 0.271 e. The Bertz CT molecular complexity index is 653. The number of nitrogens with zero attached hydrogens (tertiary/aromatic N) is 2. The predicted molar refractivity (Wildman–Crippen MR) is 94.0 cm³/mol. The van der Waals surface area contributed by atoms with Gasteiger partial charge in [0.1, 0.15) is 5.69 Å². The summed E-state index contributed by atoms with van der Waals surface area (Å²) in [5.41, 5.74) is 3.60. The maximum absolute atomic E-state index is 12.6. The van der Waals surface area contributed by atoms with Crippen molar-refractivity contribution in [2.45, 2.75) is 25.8 Å². The van der Waals surface area contributed by atoms with Crippen LogP contribution in [0.15, 0.2) is 30.3 Å². The van der Waals surface area contributed by atoms with E-state index in [2.05, 4.69) is 22.4 Å². The Morgan fingerprint density at radius 3 is 2.78 bits per heavy atom. The molecular formula is C17H23ClN4O. The van der Waals surface area contributed by atoms with Crippen LogP contribution in [0.1, 0.15) is 28.9 Å². The fourth-order valence-corrected chi connectivity index (χ4v) is 2.87. The van der Waals surface area contributed by atoms with Gasteiger partial charge in [0.25, 0.3) is 5.91 Å². The summed E-state index contributed by atoms with van der Waals surface area (Å²) >= 11 is 0. The molecule has 6 heteroatoms. The van der Waals surface area contributed by atoms with Gasteiger partial charge < -0.3 is 10.2 Å². The van der Waals surface area contributed by atoms with Crippen LogP contribution in [0.5, 0.6) is 0 Å². The molecule has 2 aromatic rings. The average molecular weight is 335 g/mol. The molecule has 0 radical (unpaired) electrons. The number of hydrogen-bond acceptors (Lipinski definition) is 3. The van der Waals surface area contributed by atoms with Gasteiger partial charge in [0.15, 0.2) is 0 Å². The second-order valence-corrected chi connectivity index (χ2v) is 5.91. The number of likely N-dealkylation sites (tertiary alicyclic amines) is 1. The van der Waals surface area contributed by atoms with Gasteiger partial charge >= 0.3 is 0 Å². The molecule has 0 saturated carbocycles. The average Bonchev–Trinajstić information content (AvgIpc) is 3.05. The minimum Gasteiger partial charge on any atom is -0.336 e. The zero-order chi connectivity index (χ0) is 15.5. The highest BCUT2D eigenvalue weighted by atomic mass is 35.5. The molecule has 1 aromatic heterocycles. The number of H-pyrrole nitrogens is 1. The highest BCUT2D eigenvalue weighted by molar-refractivity contribution is 5.93. The lowest BCUT2D eigenvalue weighted by Gasteiger charge is -2.32. The first-order valence-corrected chi connectivity index (χ1v) is 7.76. The Morgan fingerprint density at radius 2 is 2.09 bits per heavy atom. The van der Waals surface area contributed by atoms with Crippen LogP contribution in [0.4, 0.5) is 0 Å². The maximum Gasteiger partial charge on any atom is 0.271 e. The van der Waals surface area contributed by atoms with Crippen molar-refractivity contribution in [2.75, 3.05) is 20.1 Å². The van der Waals surface area contributed by atoms with Crippen LogP contribution in [0, 0.1) is 6.92 Å². The lowest BCUT2D eigenvalue weighted by atomic mass is 10.1. The Hall–Kier alpha value is -1.85. The van der Waals surface area contributed by atoms with Crippen LogP contribution in [0.2, 0.25) is 0 Å². The first kappa shape index (κ1) is 17.5. The first-order chi connectivity index (χ1) is 10.7. The van der Waals surface area contributed by atoms with Gasteiger partial charge in [0, 0.05) is 24.7 Å². The van der Waals surface area contributed by atoms with Gasteiger partial charge in [-0.2, -0.15) is 5.10 Å². The molecule has 0 spiro atoms. The van der Waals surface area contributed by atoms with Gasteiger partial charge in [-0.05, 0) is 32.9 Å². The SMILES string of the molecule is CNC1CCCN(C(=O)c2cc(-c3ccc(C)cc3)n[nH]2)C1.Cl. The number of piperidine rings is 1.